The molecule has 0 radical (unpaired) electrons. The van der Waals surface area contributed by atoms with Crippen LogP contribution in [0.25, 0.3) is 0 Å². The van der Waals surface area contributed by atoms with Gasteiger partial charge in [0.15, 0.2) is 0 Å². The summed E-state index contributed by atoms with van der Waals surface area (Å²) in [5.74, 6) is -1.64. The van der Waals surface area contributed by atoms with Crippen molar-refractivity contribution in [3.8, 4) is 0 Å². The standard InChI is InChI=1S/C12H13F3O/c1-9-5-2-3-6-10(9)7-4-8-11(16)12(13,14)15/h2-3,5-6H,4,7-8H2,1H3. The van der Waals surface area contributed by atoms with Gasteiger partial charge in [-0.1, -0.05) is 24.3 Å². The Kier molecular flexibility index (Phi) is 4.10. The quantitative estimate of drug-likeness (QED) is 0.774. The zero-order valence-corrected chi connectivity index (χ0v) is 8.97. The third-order valence-corrected chi connectivity index (χ3v) is 2.43. The lowest BCUT2D eigenvalue weighted by Crippen LogP contribution is -2.22. The van der Waals surface area contributed by atoms with E-state index in [1.807, 2.05) is 31.2 Å². The van der Waals surface area contributed by atoms with Crippen molar-refractivity contribution in [1.82, 2.24) is 0 Å². The molecule has 0 aromatic heterocycles. The van der Waals surface area contributed by atoms with Crippen molar-refractivity contribution in [3.05, 3.63) is 35.4 Å². The molecule has 0 amide bonds. The summed E-state index contributed by atoms with van der Waals surface area (Å²) in [6, 6.07) is 7.49. The summed E-state index contributed by atoms with van der Waals surface area (Å²) < 4.78 is 35.7. The first kappa shape index (κ1) is 12.7. The highest BCUT2D eigenvalue weighted by Crippen LogP contribution is 2.20. The van der Waals surface area contributed by atoms with Crippen molar-refractivity contribution >= 4 is 5.78 Å². The monoisotopic (exact) mass is 230 g/mol. The van der Waals surface area contributed by atoms with E-state index in [4.69, 9.17) is 0 Å². The van der Waals surface area contributed by atoms with Crippen LogP contribution in [0.2, 0.25) is 0 Å². The van der Waals surface area contributed by atoms with Crippen LogP contribution in [-0.4, -0.2) is 12.0 Å². The Morgan fingerprint density at radius 3 is 2.44 bits per heavy atom. The van der Waals surface area contributed by atoms with Gasteiger partial charge >= 0.3 is 6.18 Å². The van der Waals surface area contributed by atoms with Crippen molar-refractivity contribution in [3.63, 3.8) is 0 Å². The van der Waals surface area contributed by atoms with Gasteiger partial charge in [-0.15, -0.1) is 0 Å². The fourth-order valence-corrected chi connectivity index (χ4v) is 1.47. The smallest absolute Gasteiger partial charge is 0.290 e. The van der Waals surface area contributed by atoms with E-state index in [1.54, 1.807) is 0 Å². The minimum absolute atomic E-state index is 0.239. The van der Waals surface area contributed by atoms with E-state index < -0.39 is 18.4 Å². The summed E-state index contributed by atoms with van der Waals surface area (Å²) in [6.07, 6.45) is -4.37. The molecule has 0 bridgehead atoms. The number of benzene rings is 1. The molecular formula is C12H13F3O. The normalized spacial score (nSPS) is 11.5. The van der Waals surface area contributed by atoms with Gasteiger partial charge in [-0.05, 0) is 30.9 Å². The van der Waals surface area contributed by atoms with Crippen molar-refractivity contribution in [2.45, 2.75) is 32.4 Å². The van der Waals surface area contributed by atoms with Crippen LogP contribution in [0.15, 0.2) is 24.3 Å². The third-order valence-electron chi connectivity index (χ3n) is 2.43. The zero-order chi connectivity index (χ0) is 12.2. The van der Waals surface area contributed by atoms with Gasteiger partial charge < -0.3 is 0 Å². The topological polar surface area (TPSA) is 17.1 Å². The van der Waals surface area contributed by atoms with E-state index in [2.05, 4.69) is 0 Å². The second-order valence-corrected chi connectivity index (χ2v) is 3.70. The summed E-state index contributed by atoms with van der Waals surface area (Å²) in [4.78, 5) is 10.6. The Hall–Kier alpha value is -1.32. The number of carbonyl (C=O) groups excluding carboxylic acids is 1. The van der Waals surface area contributed by atoms with Crippen LogP contribution in [-0.2, 0) is 11.2 Å². The van der Waals surface area contributed by atoms with Gasteiger partial charge in [-0.2, -0.15) is 13.2 Å². The maximum Gasteiger partial charge on any atom is 0.449 e. The fourth-order valence-electron chi connectivity index (χ4n) is 1.47. The molecule has 0 heterocycles. The van der Waals surface area contributed by atoms with Gasteiger partial charge in [0.2, 0.25) is 5.78 Å². The first-order valence-electron chi connectivity index (χ1n) is 5.06. The van der Waals surface area contributed by atoms with Crippen LogP contribution in [0, 0.1) is 6.92 Å². The number of rotatable bonds is 4. The molecule has 16 heavy (non-hydrogen) atoms. The maximum absolute atomic E-state index is 11.9. The summed E-state index contributed by atoms with van der Waals surface area (Å²) in [6.45, 7) is 1.90. The van der Waals surface area contributed by atoms with Gasteiger partial charge in [-0.3, -0.25) is 4.79 Å². The molecule has 0 fully saturated rings. The number of Topliss-reactive ketones (excluding diaryl/α,β-unsaturated/α-hetero) is 1. The Balaban J connectivity index is 2.43. The van der Waals surface area contributed by atoms with Crippen molar-refractivity contribution < 1.29 is 18.0 Å². The van der Waals surface area contributed by atoms with E-state index in [9.17, 15) is 18.0 Å². The minimum Gasteiger partial charge on any atom is -0.290 e. The van der Waals surface area contributed by atoms with Gasteiger partial charge in [0, 0.05) is 6.42 Å². The Morgan fingerprint density at radius 1 is 1.25 bits per heavy atom. The van der Waals surface area contributed by atoms with Crippen molar-refractivity contribution in [1.29, 1.82) is 0 Å². The molecule has 0 aliphatic carbocycles. The molecular weight excluding hydrogens is 217 g/mol. The molecule has 0 saturated carbocycles. The molecule has 88 valence electrons. The third kappa shape index (κ3) is 3.68. The zero-order valence-electron chi connectivity index (χ0n) is 8.97. The Bertz CT molecular complexity index is 369. The highest BCUT2D eigenvalue weighted by atomic mass is 19.4. The maximum atomic E-state index is 11.9. The lowest BCUT2D eigenvalue weighted by atomic mass is 10.0. The molecule has 0 unspecified atom stereocenters. The van der Waals surface area contributed by atoms with Gasteiger partial charge in [-0.25, -0.2) is 0 Å². The number of aryl methyl sites for hydroxylation is 2. The largest absolute Gasteiger partial charge is 0.449 e. The SMILES string of the molecule is Cc1ccccc1CCCC(=O)C(F)(F)F. The minimum atomic E-state index is -4.69. The second-order valence-electron chi connectivity index (χ2n) is 3.70. The predicted octanol–water partition coefficient (Wildman–Crippen LogP) is 3.45. The molecule has 0 aliphatic rings. The number of alkyl halides is 3. The number of hydrogen-bond acceptors (Lipinski definition) is 1. The lowest BCUT2D eigenvalue weighted by Gasteiger charge is -2.06. The van der Waals surface area contributed by atoms with Crippen LogP contribution >= 0.6 is 0 Å². The predicted molar refractivity (Wildman–Crippen MR) is 55.2 cm³/mol. The molecule has 1 aromatic carbocycles. The summed E-state index contributed by atoms with van der Waals surface area (Å²) in [5.41, 5.74) is 2.04. The van der Waals surface area contributed by atoms with Gasteiger partial charge in [0.25, 0.3) is 0 Å². The average Bonchev–Trinajstić information content (AvgIpc) is 2.19. The lowest BCUT2D eigenvalue weighted by molar-refractivity contribution is -0.171. The molecule has 1 rings (SSSR count). The van der Waals surface area contributed by atoms with Crippen LogP contribution < -0.4 is 0 Å². The van der Waals surface area contributed by atoms with Crippen LogP contribution in [0.1, 0.15) is 24.0 Å². The molecule has 0 atom stereocenters. The Labute approximate surface area is 92.3 Å². The molecule has 4 heteroatoms. The molecule has 0 spiro atoms. The Morgan fingerprint density at radius 2 is 1.88 bits per heavy atom. The van der Waals surface area contributed by atoms with Crippen molar-refractivity contribution in [2.24, 2.45) is 0 Å². The second kappa shape index (κ2) is 5.14. The number of ketones is 1. The van der Waals surface area contributed by atoms with Crippen LogP contribution in [0.4, 0.5) is 13.2 Å². The van der Waals surface area contributed by atoms with E-state index in [0.717, 1.165) is 11.1 Å². The number of halogens is 3. The highest BCUT2D eigenvalue weighted by molar-refractivity contribution is 5.83. The molecule has 1 nitrogen and oxygen atoms in total. The average molecular weight is 230 g/mol. The highest BCUT2D eigenvalue weighted by Gasteiger charge is 2.37. The number of carbonyl (C=O) groups is 1. The number of hydrogen-bond donors (Lipinski definition) is 0. The molecule has 0 N–H and O–H groups in total. The van der Waals surface area contributed by atoms with Crippen molar-refractivity contribution in [2.75, 3.05) is 0 Å². The molecule has 0 aliphatic heterocycles. The fraction of sp³-hybridized carbons (Fsp3) is 0.417. The summed E-state index contributed by atoms with van der Waals surface area (Å²) >= 11 is 0. The summed E-state index contributed by atoms with van der Waals surface area (Å²) in [7, 11) is 0. The van der Waals surface area contributed by atoms with Crippen LogP contribution in [0.3, 0.4) is 0 Å². The summed E-state index contributed by atoms with van der Waals surface area (Å²) in [5, 5.41) is 0. The van der Waals surface area contributed by atoms with Crippen LogP contribution in [0.5, 0.6) is 0 Å². The molecule has 0 saturated heterocycles. The first-order valence-corrected chi connectivity index (χ1v) is 5.06. The van der Waals surface area contributed by atoms with E-state index in [1.165, 1.54) is 0 Å². The van der Waals surface area contributed by atoms with E-state index in [-0.39, 0.29) is 6.42 Å². The first-order chi connectivity index (χ1) is 7.41. The van der Waals surface area contributed by atoms with Gasteiger partial charge in [0.05, 0.1) is 0 Å². The van der Waals surface area contributed by atoms with E-state index in [0.29, 0.717) is 6.42 Å². The molecule has 1 aromatic rings. The van der Waals surface area contributed by atoms with Gasteiger partial charge in [0.1, 0.15) is 0 Å². The van der Waals surface area contributed by atoms with E-state index >= 15 is 0 Å².